The number of benzene rings is 3. The summed E-state index contributed by atoms with van der Waals surface area (Å²) in [6, 6.07) is 24.8. The van der Waals surface area contributed by atoms with Gasteiger partial charge < -0.3 is 30.4 Å². The summed E-state index contributed by atoms with van der Waals surface area (Å²) in [5.74, 6) is 0.659. The first-order valence-electron chi connectivity index (χ1n) is 14.2. The number of pyridine rings is 1. The first-order chi connectivity index (χ1) is 21.8. The maximum atomic E-state index is 13.2. The molecule has 3 heterocycles. The lowest BCUT2D eigenvalue weighted by Crippen LogP contribution is -2.28. The van der Waals surface area contributed by atoms with Crippen LogP contribution in [-0.2, 0) is 13.6 Å². The van der Waals surface area contributed by atoms with Gasteiger partial charge in [-0.05, 0) is 40.8 Å². The van der Waals surface area contributed by atoms with E-state index < -0.39 is 6.09 Å². The quantitative estimate of drug-likeness (QED) is 0.155. The Balaban J connectivity index is 1.25. The molecule has 45 heavy (non-hydrogen) atoms. The number of carbonyl (C=O) groups is 2. The third-order valence-corrected chi connectivity index (χ3v) is 8.74. The van der Waals surface area contributed by atoms with Crippen LogP contribution in [0.25, 0.3) is 38.2 Å². The fourth-order valence-electron chi connectivity index (χ4n) is 5.39. The van der Waals surface area contributed by atoms with Crippen LogP contribution in [-0.4, -0.2) is 45.2 Å². The van der Waals surface area contributed by atoms with Crippen LogP contribution >= 0.6 is 11.3 Å². The van der Waals surface area contributed by atoms with Crippen molar-refractivity contribution in [1.82, 2.24) is 14.5 Å². The predicted octanol–water partition coefficient (Wildman–Crippen LogP) is 7.49. The van der Waals surface area contributed by atoms with Gasteiger partial charge in [0.15, 0.2) is 0 Å². The second-order valence-corrected chi connectivity index (χ2v) is 11.4. The molecule has 0 bridgehead atoms. The normalized spacial score (nSPS) is 11.3. The van der Waals surface area contributed by atoms with Gasteiger partial charge in [0.25, 0.3) is 5.91 Å². The number of aryl methyl sites for hydroxylation is 1. The Hall–Kier alpha value is -5.61. The van der Waals surface area contributed by atoms with E-state index in [1.807, 2.05) is 108 Å². The standard InChI is InChI=1S/C35H31N5O4S/c1-39-28-13-7-6-11-24(28)17-29(39)34(41)38-27-15-14-23(18-30(27)44-2)26-21-45-32-25(19-37-33(36)31(26)32)12-8-16-40(35(42)43)20-22-9-4-3-5-10-22/h3-15,17-19,21H,16,20H2,1-2H3,(H2,36,37)(H,38,41)(H,42,43)/b12-8+. The van der Waals surface area contributed by atoms with Gasteiger partial charge in [-0.2, -0.15) is 0 Å². The Labute approximate surface area is 263 Å². The summed E-state index contributed by atoms with van der Waals surface area (Å²) in [5, 5.41) is 16.5. The summed E-state index contributed by atoms with van der Waals surface area (Å²) in [5.41, 5.74) is 11.9. The zero-order valence-electron chi connectivity index (χ0n) is 24.7. The minimum Gasteiger partial charge on any atom is -0.495 e. The molecule has 0 saturated heterocycles. The van der Waals surface area contributed by atoms with Crippen molar-refractivity contribution in [3.05, 3.63) is 113 Å². The lowest BCUT2D eigenvalue weighted by atomic mass is 10.0. The number of nitrogen functional groups attached to an aromatic ring is 1. The predicted molar refractivity (Wildman–Crippen MR) is 181 cm³/mol. The van der Waals surface area contributed by atoms with Gasteiger partial charge in [-0.3, -0.25) is 4.79 Å². The molecule has 9 nitrogen and oxygen atoms in total. The average Bonchev–Trinajstić information content (AvgIpc) is 3.65. The van der Waals surface area contributed by atoms with E-state index in [-0.39, 0.29) is 12.5 Å². The van der Waals surface area contributed by atoms with Gasteiger partial charge in [-0.15, -0.1) is 11.3 Å². The molecule has 0 radical (unpaired) electrons. The monoisotopic (exact) mass is 617 g/mol. The third-order valence-electron chi connectivity index (χ3n) is 7.71. The number of rotatable bonds is 9. The van der Waals surface area contributed by atoms with Crippen LogP contribution in [0.4, 0.5) is 16.3 Å². The van der Waals surface area contributed by atoms with E-state index in [0.29, 0.717) is 29.5 Å². The fraction of sp³-hybridized carbons (Fsp3) is 0.114. The summed E-state index contributed by atoms with van der Waals surface area (Å²) in [6.07, 6.45) is 4.40. The Kier molecular flexibility index (Phi) is 8.22. The molecule has 3 aromatic heterocycles. The van der Waals surface area contributed by atoms with Crippen molar-refractivity contribution >= 4 is 61.9 Å². The number of nitrogens with two attached hydrogens (primary N) is 1. The number of para-hydroxylation sites is 1. The molecule has 0 spiro atoms. The SMILES string of the molecule is COc1cc(-c2csc3c(/C=C/CN(Cc4ccccc4)C(=O)O)cnc(N)c23)ccc1NC(=O)c1cc2ccccc2n1C. The van der Waals surface area contributed by atoms with Gasteiger partial charge in [-0.25, -0.2) is 9.78 Å². The highest BCUT2D eigenvalue weighted by Crippen LogP contribution is 2.41. The van der Waals surface area contributed by atoms with Crippen LogP contribution in [0.5, 0.6) is 5.75 Å². The van der Waals surface area contributed by atoms with Gasteiger partial charge in [0.1, 0.15) is 17.3 Å². The lowest BCUT2D eigenvalue weighted by molar-refractivity contribution is 0.101. The fourth-order valence-corrected chi connectivity index (χ4v) is 6.47. The Morgan fingerprint density at radius 2 is 1.87 bits per heavy atom. The first kappa shape index (κ1) is 29.5. The van der Waals surface area contributed by atoms with Gasteiger partial charge in [-0.1, -0.05) is 66.7 Å². The van der Waals surface area contributed by atoms with Crippen LogP contribution in [0.2, 0.25) is 0 Å². The van der Waals surface area contributed by atoms with Crippen LogP contribution in [0.15, 0.2) is 96.5 Å². The zero-order valence-corrected chi connectivity index (χ0v) is 25.5. The number of carbonyl (C=O) groups excluding carboxylic acids is 1. The summed E-state index contributed by atoms with van der Waals surface area (Å²) >= 11 is 1.53. The molecule has 0 atom stereocenters. The largest absolute Gasteiger partial charge is 0.495 e. The number of nitrogens with one attached hydrogen (secondary N) is 1. The first-order valence-corrected chi connectivity index (χ1v) is 15.1. The molecule has 0 aliphatic carbocycles. The number of methoxy groups -OCH3 is 1. The molecule has 0 unspecified atom stereocenters. The lowest BCUT2D eigenvalue weighted by Gasteiger charge is -2.17. The molecule has 3 aromatic carbocycles. The zero-order chi connectivity index (χ0) is 31.5. The molecule has 6 rings (SSSR count). The molecule has 226 valence electrons. The molecular formula is C35H31N5O4S. The highest BCUT2D eigenvalue weighted by Gasteiger charge is 2.18. The smallest absolute Gasteiger partial charge is 0.407 e. The number of thiophene rings is 1. The van der Waals surface area contributed by atoms with Gasteiger partial charge in [0.2, 0.25) is 0 Å². The summed E-state index contributed by atoms with van der Waals surface area (Å²) in [7, 11) is 3.43. The van der Waals surface area contributed by atoms with Gasteiger partial charge in [0, 0.05) is 58.5 Å². The van der Waals surface area contributed by atoms with Crippen LogP contribution in [0, 0.1) is 0 Å². The topological polar surface area (TPSA) is 123 Å². The summed E-state index contributed by atoms with van der Waals surface area (Å²) in [6.45, 7) is 0.511. The minimum atomic E-state index is -0.992. The Morgan fingerprint density at radius 3 is 2.62 bits per heavy atom. The summed E-state index contributed by atoms with van der Waals surface area (Å²) < 4.78 is 8.49. The number of amides is 2. The van der Waals surface area contributed by atoms with E-state index >= 15 is 0 Å². The number of ether oxygens (including phenoxy) is 1. The minimum absolute atomic E-state index is 0.220. The Morgan fingerprint density at radius 1 is 1.09 bits per heavy atom. The molecular weight excluding hydrogens is 586 g/mol. The van der Waals surface area contributed by atoms with Crippen LogP contribution in [0.1, 0.15) is 21.6 Å². The number of aromatic nitrogens is 2. The van der Waals surface area contributed by atoms with Crippen molar-refractivity contribution in [2.24, 2.45) is 7.05 Å². The molecule has 0 aliphatic heterocycles. The van der Waals surface area contributed by atoms with E-state index in [0.717, 1.165) is 43.2 Å². The van der Waals surface area contributed by atoms with Crippen molar-refractivity contribution in [3.8, 4) is 16.9 Å². The van der Waals surface area contributed by atoms with Crippen molar-refractivity contribution < 1.29 is 19.4 Å². The second-order valence-electron chi connectivity index (χ2n) is 10.5. The number of nitrogens with zero attached hydrogens (tertiary/aromatic N) is 3. The molecule has 0 aliphatic rings. The number of fused-ring (bicyclic) bond motifs is 2. The molecule has 2 amide bonds. The van der Waals surface area contributed by atoms with Crippen molar-refractivity contribution in [2.75, 3.05) is 24.7 Å². The second kappa shape index (κ2) is 12.6. The molecule has 6 aromatic rings. The van der Waals surface area contributed by atoms with E-state index in [9.17, 15) is 14.7 Å². The van der Waals surface area contributed by atoms with Gasteiger partial charge in [0.05, 0.1) is 12.8 Å². The van der Waals surface area contributed by atoms with E-state index in [2.05, 4.69) is 10.3 Å². The number of hydrogen-bond donors (Lipinski definition) is 3. The number of carboxylic acid groups (broad SMARTS) is 1. The number of anilines is 2. The van der Waals surface area contributed by atoms with E-state index in [1.165, 1.54) is 16.2 Å². The molecule has 0 fully saturated rings. The highest BCUT2D eigenvalue weighted by atomic mass is 32.1. The van der Waals surface area contributed by atoms with Crippen molar-refractivity contribution in [1.29, 1.82) is 0 Å². The van der Waals surface area contributed by atoms with Crippen molar-refractivity contribution in [3.63, 3.8) is 0 Å². The van der Waals surface area contributed by atoms with Crippen LogP contribution in [0.3, 0.4) is 0 Å². The van der Waals surface area contributed by atoms with E-state index in [1.54, 1.807) is 13.3 Å². The average molecular weight is 618 g/mol. The molecule has 4 N–H and O–H groups in total. The third kappa shape index (κ3) is 5.96. The maximum Gasteiger partial charge on any atom is 0.407 e. The van der Waals surface area contributed by atoms with Crippen molar-refractivity contribution in [2.45, 2.75) is 6.54 Å². The molecule has 10 heteroatoms. The van der Waals surface area contributed by atoms with Crippen LogP contribution < -0.4 is 15.8 Å². The number of hydrogen-bond acceptors (Lipinski definition) is 6. The Bertz CT molecular complexity index is 2070. The van der Waals surface area contributed by atoms with Gasteiger partial charge >= 0.3 is 6.09 Å². The maximum absolute atomic E-state index is 13.2. The summed E-state index contributed by atoms with van der Waals surface area (Å²) in [4.78, 5) is 30.9. The molecule has 0 saturated carbocycles. The van der Waals surface area contributed by atoms with E-state index in [4.69, 9.17) is 10.5 Å². The highest BCUT2D eigenvalue weighted by molar-refractivity contribution is 7.18.